The van der Waals surface area contributed by atoms with Crippen LogP contribution >= 0.6 is 0 Å². The lowest BCUT2D eigenvalue weighted by molar-refractivity contribution is -0.275. The van der Waals surface area contributed by atoms with Crippen LogP contribution in [0.1, 0.15) is 25.1 Å². The van der Waals surface area contributed by atoms with Crippen molar-refractivity contribution >= 4 is 15.7 Å². The summed E-state index contributed by atoms with van der Waals surface area (Å²) in [7, 11) is -4.74. The Hall–Kier alpha value is -3.22. The maximum absolute atomic E-state index is 14.6. The number of aromatic nitrogens is 3. The third-order valence-electron chi connectivity index (χ3n) is 5.02. The van der Waals surface area contributed by atoms with E-state index in [4.69, 9.17) is 0 Å². The van der Waals surface area contributed by atoms with Crippen molar-refractivity contribution < 1.29 is 35.1 Å². The molecule has 0 amide bonds. The zero-order chi connectivity index (χ0) is 23.8. The van der Waals surface area contributed by atoms with E-state index in [2.05, 4.69) is 14.9 Å². The highest BCUT2D eigenvalue weighted by Gasteiger charge is 2.34. The van der Waals surface area contributed by atoms with E-state index in [0.29, 0.717) is 24.9 Å². The van der Waals surface area contributed by atoms with Crippen molar-refractivity contribution in [2.24, 2.45) is 0 Å². The van der Waals surface area contributed by atoms with E-state index in [0.717, 1.165) is 43.5 Å². The van der Waals surface area contributed by atoms with Gasteiger partial charge in [0.25, 0.3) is 10.0 Å². The van der Waals surface area contributed by atoms with Crippen LogP contribution in [0, 0.1) is 11.6 Å². The van der Waals surface area contributed by atoms with E-state index in [1.807, 2.05) is 4.72 Å². The summed E-state index contributed by atoms with van der Waals surface area (Å²) < 4.78 is 100.0. The van der Waals surface area contributed by atoms with Crippen molar-refractivity contribution in [1.82, 2.24) is 14.8 Å². The first-order valence-electron chi connectivity index (χ1n) is 9.84. The molecule has 0 unspecified atom stereocenters. The van der Waals surface area contributed by atoms with Gasteiger partial charge in [-0.25, -0.2) is 17.2 Å². The molecule has 0 radical (unpaired) electrons. The molecule has 4 rings (SSSR count). The predicted octanol–water partition coefficient (Wildman–Crippen LogP) is 4.65. The zero-order valence-corrected chi connectivity index (χ0v) is 17.7. The molecular formula is C20H17F5N4O3S. The van der Waals surface area contributed by atoms with Gasteiger partial charge in [-0.05, 0) is 31.0 Å². The highest BCUT2D eigenvalue weighted by molar-refractivity contribution is 7.92. The first kappa shape index (κ1) is 23.0. The Kier molecular flexibility index (Phi) is 5.99. The number of para-hydroxylation sites is 1. The van der Waals surface area contributed by atoms with Gasteiger partial charge in [-0.1, -0.05) is 18.6 Å². The molecule has 13 heteroatoms. The summed E-state index contributed by atoms with van der Waals surface area (Å²) in [5.74, 6) is -2.51. The number of sulfonamides is 1. The highest BCUT2D eigenvalue weighted by atomic mass is 32.2. The minimum absolute atomic E-state index is 0.102. The first-order chi connectivity index (χ1) is 15.5. The van der Waals surface area contributed by atoms with E-state index in [1.54, 1.807) is 4.57 Å². The Bertz CT molecular complexity index is 1290. The molecule has 0 fully saturated rings. The molecule has 0 atom stereocenters. The van der Waals surface area contributed by atoms with Crippen LogP contribution in [0.25, 0.3) is 11.4 Å². The number of halogens is 5. The quantitative estimate of drug-likeness (QED) is 0.529. The molecule has 1 N–H and O–H groups in total. The third-order valence-corrected chi connectivity index (χ3v) is 6.42. The highest BCUT2D eigenvalue weighted by Crippen LogP contribution is 2.33. The van der Waals surface area contributed by atoms with Gasteiger partial charge in [0, 0.05) is 19.0 Å². The van der Waals surface area contributed by atoms with Crippen LogP contribution < -0.4 is 9.46 Å². The van der Waals surface area contributed by atoms with Gasteiger partial charge in [0.15, 0.2) is 5.82 Å². The number of fused-ring (bicyclic) bond motifs is 1. The first-order valence-corrected chi connectivity index (χ1v) is 11.3. The minimum Gasteiger partial charge on any atom is -0.404 e. The maximum Gasteiger partial charge on any atom is 0.573 e. The summed E-state index contributed by atoms with van der Waals surface area (Å²) >= 11 is 0. The number of ether oxygens (including phenoxy) is 1. The number of benzene rings is 2. The number of hydrogen-bond donors (Lipinski definition) is 1. The second-order valence-electron chi connectivity index (χ2n) is 7.31. The van der Waals surface area contributed by atoms with Gasteiger partial charge in [0.1, 0.15) is 28.1 Å². The molecule has 2 heterocycles. The van der Waals surface area contributed by atoms with Crippen molar-refractivity contribution in [2.75, 3.05) is 4.72 Å². The zero-order valence-electron chi connectivity index (χ0n) is 16.9. The molecule has 0 aliphatic carbocycles. The fourth-order valence-corrected chi connectivity index (χ4v) is 4.75. The molecule has 3 aromatic rings. The average molecular weight is 488 g/mol. The fourth-order valence-electron chi connectivity index (χ4n) is 3.56. The molecule has 0 bridgehead atoms. The summed E-state index contributed by atoms with van der Waals surface area (Å²) in [6.07, 6.45) is -1.89. The van der Waals surface area contributed by atoms with Gasteiger partial charge in [0.05, 0.1) is 11.3 Å². The van der Waals surface area contributed by atoms with Crippen molar-refractivity contribution in [3.05, 3.63) is 53.9 Å². The number of nitrogens with one attached hydrogen (secondary N) is 1. The summed E-state index contributed by atoms with van der Waals surface area (Å²) in [5, 5.41) is 8.02. The second-order valence-corrected chi connectivity index (χ2v) is 8.96. The van der Waals surface area contributed by atoms with E-state index in [-0.39, 0.29) is 11.4 Å². The molecular weight excluding hydrogens is 471 g/mol. The normalized spacial score (nSPS) is 14.5. The average Bonchev–Trinajstić information content (AvgIpc) is 2.96. The van der Waals surface area contributed by atoms with Crippen LogP contribution in [0.5, 0.6) is 5.75 Å². The molecule has 1 aliphatic heterocycles. The Morgan fingerprint density at radius 3 is 2.52 bits per heavy atom. The minimum atomic E-state index is -5.15. The van der Waals surface area contributed by atoms with Crippen LogP contribution in [-0.2, 0) is 23.0 Å². The second kappa shape index (κ2) is 8.61. The predicted molar refractivity (Wildman–Crippen MR) is 107 cm³/mol. The molecule has 0 saturated carbocycles. The molecule has 0 spiro atoms. The Balaban J connectivity index is 1.73. The summed E-state index contributed by atoms with van der Waals surface area (Å²) in [5.41, 5.74) is -0.867. The largest absolute Gasteiger partial charge is 0.573 e. The van der Waals surface area contributed by atoms with E-state index in [1.165, 1.54) is 6.07 Å². The van der Waals surface area contributed by atoms with Crippen molar-refractivity contribution in [3.63, 3.8) is 0 Å². The van der Waals surface area contributed by atoms with E-state index < -0.39 is 44.4 Å². The molecule has 2 aromatic carbocycles. The van der Waals surface area contributed by atoms with Gasteiger partial charge < -0.3 is 9.30 Å². The summed E-state index contributed by atoms with van der Waals surface area (Å²) in [6.45, 7) is 0.512. The Morgan fingerprint density at radius 2 is 1.76 bits per heavy atom. The van der Waals surface area contributed by atoms with E-state index >= 15 is 0 Å². The van der Waals surface area contributed by atoms with Gasteiger partial charge in [-0.3, -0.25) is 4.72 Å². The molecule has 7 nitrogen and oxygen atoms in total. The SMILES string of the molecule is O=S(=O)(Nc1cc(-c2nnc3n2CCCCC3)c(F)cc1F)c1ccccc1OC(F)(F)F. The van der Waals surface area contributed by atoms with Crippen molar-refractivity contribution in [1.29, 1.82) is 0 Å². The lowest BCUT2D eigenvalue weighted by Gasteiger charge is -2.15. The number of hydrogen-bond acceptors (Lipinski definition) is 5. The monoisotopic (exact) mass is 488 g/mol. The summed E-state index contributed by atoms with van der Waals surface area (Å²) in [6, 6.07) is 5.37. The fraction of sp³-hybridized carbons (Fsp3) is 0.300. The third kappa shape index (κ3) is 4.92. The Morgan fingerprint density at radius 1 is 1.00 bits per heavy atom. The van der Waals surface area contributed by atoms with Crippen LogP contribution in [0.2, 0.25) is 0 Å². The standard InChI is InChI=1S/C20H17F5N4O3S/c21-13-11-14(22)15(10-12(13)19-27-26-18-8-2-1-5-9-29(18)19)28-33(30,31)17-7-4-3-6-16(17)32-20(23,24)25/h3-4,6-7,10-11,28H,1-2,5,8-9H2. The van der Waals surface area contributed by atoms with Crippen LogP contribution in [0.3, 0.4) is 0 Å². The number of anilines is 1. The van der Waals surface area contributed by atoms with Gasteiger partial charge in [0.2, 0.25) is 0 Å². The van der Waals surface area contributed by atoms with Crippen LogP contribution in [0.15, 0.2) is 41.3 Å². The number of nitrogens with zero attached hydrogens (tertiary/aromatic N) is 3. The van der Waals surface area contributed by atoms with Crippen molar-refractivity contribution in [3.8, 4) is 17.1 Å². The molecule has 1 aromatic heterocycles. The van der Waals surface area contributed by atoms with Crippen molar-refractivity contribution in [2.45, 2.75) is 43.5 Å². The molecule has 1 aliphatic rings. The lowest BCUT2D eigenvalue weighted by atomic mass is 10.1. The van der Waals surface area contributed by atoms with Crippen LogP contribution in [0.4, 0.5) is 27.6 Å². The molecule has 0 saturated heterocycles. The smallest absolute Gasteiger partial charge is 0.404 e. The number of rotatable bonds is 5. The number of alkyl halides is 3. The lowest BCUT2D eigenvalue weighted by Crippen LogP contribution is -2.21. The van der Waals surface area contributed by atoms with E-state index in [9.17, 15) is 30.4 Å². The topological polar surface area (TPSA) is 86.1 Å². The van der Waals surface area contributed by atoms with Crippen LogP contribution in [-0.4, -0.2) is 29.5 Å². The molecule has 176 valence electrons. The maximum atomic E-state index is 14.6. The van der Waals surface area contributed by atoms with Gasteiger partial charge >= 0.3 is 6.36 Å². The number of aryl methyl sites for hydroxylation is 1. The molecule has 33 heavy (non-hydrogen) atoms. The van der Waals surface area contributed by atoms with Gasteiger partial charge in [-0.15, -0.1) is 23.4 Å². The Labute approximate surface area is 185 Å². The van der Waals surface area contributed by atoms with Gasteiger partial charge in [-0.2, -0.15) is 0 Å². The summed E-state index contributed by atoms with van der Waals surface area (Å²) in [4.78, 5) is -0.871.